The summed E-state index contributed by atoms with van der Waals surface area (Å²) < 4.78 is 4.80. The lowest BCUT2D eigenvalue weighted by Crippen LogP contribution is -1.98. The average molecular weight is 227 g/mol. The van der Waals surface area contributed by atoms with Crippen LogP contribution < -0.4 is 0 Å². The van der Waals surface area contributed by atoms with Gasteiger partial charge in [0.05, 0.1) is 12.1 Å². The predicted molar refractivity (Wildman–Crippen MR) is 67.4 cm³/mol. The Morgan fingerprint density at radius 3 is 3.06 bits per heavy atom. The minimum absolute atomic E-state index is 0.333. The van der Waals surface area contributed by atoms with Gasteiger partial charge in [-0.25, -0.2) is 4.79 Å². The largest absolute Gasteiger partial charge is 0.463 e. The molecule has 0 aliphatic heterocycles. The van der Waals surface area contributed by atoms with E-state index >= 15 is 0 Å². The van der Waals surface area contributed by atoms with Crippen LogP contribution in [0.1, 0.15) is 12.5 Å². The number of pyridine rings is 1. The molecule has 0 unspecified atom stereocenters. The highest BCUT2D eigenvalue weighted by Crippen LogP contribution is 2.13. The Labute approximate surface area is 99.7 Å². The Hall–Kier alpha value is -2.16. The van der Waals surface area contributed by atoms with Crippen molar-refractivity contribution in [2.45, 2.75) is 6.92 Å². The maximum Gasteiger partial charge on any atom is 0.330 e. The summed E-state index contributed by atoms with van der Waals surface area (Å²) in [5.74, 6) is -0.333. The van der Waals surface area contributed by atoms with Crippen LogP contribution in [0.15, 0.2) is 42.6 Å². The fraction of sp³-hybridized carbons (Fsp3) is 0.143. The number of ether oxygens (including phenoxy) is 1. The van der Waals surface area contributed by atoms with Crippen molar-refractivity contribution >= 4 is 22.9 Å². The number of carbonyl (C=O) groups excluding carboxylic acids is 1. The van der Waals surface area contributed by atoms with Gasteiger partial charge in [-0.3, -0.25) is 4.98 Å². The molecule has 0 bridgehead atoms. The van der Waals surface area contributed by atoms with Gasteiger partial charge in [0.1, 0.15) is 0 Å². The van der Waals surface area contributed by atoms with Crippen LogP contribution in [0.5, 0.6) is 0 Å². The number of benzene rings is 1. The van der Waals surface area contributed by atoms with Crippen molar-refractivity contribution in [3.05, 3.63) is 48.2 Å². The number of aromatic nitrogens is 1. The Morgan fingerprint density at radius 2 is 2.24 bits per heavy atom. The van der Waals surface area contributed by atoms with E-state index in [0.717, 1.165) is 16.5 Å². The summed E-state index contributed by atoms with van der Waals surface area (Å²) in [6.07, 6.45) is 4.85. The molecule has 86 valence electrons. The standard InChI is InChI=1S/C14H13NO2/c1-2-17-14(16)8-7-11-9-12-5-3-4-6-13(12)15-10-11/h3-10H,2H2,1H3/b8-7+. The second kappa shape index (κ2) is 5.25. The third-order valence-corrected chi connectivity index (χ3v) is 2.31. The van der Waals surface area contributed by atoms with Crippen LogP contribution in [0.3, 0.4) is 0 Å². The van der Waals surface area contributed by atoms with Crippen molar-refractivity contribution < 1.29 is 9.53 Å². The summed E-state index contributed by atoms with van der Waals surface area (Å²) in [6.45, 7) is 2.17. The number of esters is 1. The summed E-state index contributed by atoms with van der Waals surface area (Å²) in [6, 6.07) is 9.84. The van der Waals surface area contributed by atoms with E-state index in [1.807, 2.05) is 30.3 Å². The topological polar surface area (TPSA) is 39.2 Å². The lowest BCUT2D eigenvalue weighted by Gasteiger charge is -1.98. The molecule has 1 aromatic heterocycles. The summed E-state index contributed by atoms with van der Waals surface area (Å²) >= 11 is 0. The fourth-order valence-electron chi connectivity index (χ4n) is 1.53. The highest BCUT2D eigenvalue weighted by Gasteiger charge is 1.96. The molecule has 0 fully saturated rings. The van der Waals surface area contributed by atoms with E-state index in [9.17, 15) is 4.79 Å². The van der Waals surface area contributed by atoms with E-state index in [1.54, 1.807) is 19.2 Å². The minimum atomic E-state index is -0.333. The zero-order chi connectivity index (χ0) is 12.1. The molecule has 1 heterocycles. The summed E-state index contributed by atoms with van der Waals surface area (Å²) in [7, 11) is 0. The van der Waals surface area contributed by atoms with Gasteiger partial charge in [0, 0.05) is 17.7 Å². The number of fused-ring (bicyclic) bond motifs is 1. The monoisotopic (exact) mass is 227 g/mol. The SMILES string of the molecule is CCOC(=O)/C=C/c1cnc2ccccc2c1. The van der Waals surface area contributed by atoms with Crippen LogP contribution in [-0.2, 0) is 9.53 Å². The smallest absolute Gasteiger partial charge is 0.330 e. The van der Waals surface area contributed by atoms with E-state index < -0.39 is 0 Å². The molecule has 0 radical (unpaired) electrons. The van der Waals surface area contributed by atoms with E-state index in [4.69, 9.17) is 4.74 Å². The molecule has 0 amide bonds. The van der Waals surface area contributed by atoms with E-state index in [2.05, 4.69) is 4.98 Å². The minimum Gasteiger partial charge on any atom is -0.463 e. The molecular weight excluding hydrogens is 214 g/mol. The second-order valence-electron chi connectivity index (χ2n) is 3.55. The van der Waals surface area contributed by atoms with Gasteiger partial charge in [-0.15, -0.1) is 0 Å². The molecule has 0 N–H and O–H groups in total. The number of rotatable bonds is 3. The Kier molecular flexibility index (Phi) is 3.50. The third-order valence-electron chi connectivity index (χ3n) is 2.31. The van der Waals surface area contributed by atoms with Gasteiger partial charge in [0.25, 0.3) is 0 Å². The molecule has 17 heavy (non-hydrogen) atoms. The number of hydrogen-bond acceptors (Lipinski definition) is 3. The van der Waals surface area contributed by atoms with Crippen molar-refractivity contribution in [2.75, 3.05) is 6.61 Å². The molecule has 2 rings (SSSR count). The Morgan fingerprint density at radius 1 is 1.41 bits per heavy atom. The second-order valence-corrected chi connectivity index (χ2v) is 3.55. The van der Waals surface area contributed by atoms with Crippen molar-refractivity contribution in [3.63, 3.8) is 0 Å². The first-order chi connectivity index (χ1) is 8.29. The lowest BCUT2D eigenvalue weighted by atomic mass is 10.1. The van der Waals surface area contributed by atoms with Gasteiger partial charge in [-0.2, -0.15) is 0 Å². The van der Waals surface area contributed by atoms with Crippen LogP contribution in [0, 0.1) is 0 Å². The van der Waals surface area contributed by atoms with Gasteiger partial charge >= 0.3 is 5.97 Å². The lowest BCUT2D eigenvalue weighted by molar-refractivity contribution is -0.137. The maximum atomic E-state index is 11.2. The van der Waals surface area contributed by atoms with Crippen LogP contribution in [0.2, 0.25) is 0 Å². The predicted octanol–water partition coefficient (Wildman–Crippen LogP) is 2.81. The molecule has 1 aromatic carbocycles. The Bertz CT molecular complexity index is 561. The molecule has 0 aliphatic carbocycles. The molecule has 0 atom stereocenters. The van der Waals surface area contributed by atoms with Gasteiger partial charge in [0.15, 0.2) is 0 Å². The number of carbonyl (C=O) groups is 1. The van der Waals surface area contributed by atoms with Crippen LogP contribution in [-0.4, -0.2) is 17.6 Å². The van der Waals surface area contributed by atoms with E-state index in [-0.39, 0.29) is 5.97 Å². The number of nitrogens with zero attached hydrogens (tertiary/aromatic N) is 1. The average Bonchev–Trinajstić information content (AvgIpc) is 2.36. The summed E-state index contributed by atoms with van der Waals surface area (Å²) in [4.78, 5) is 15.5. The van der Waals surface area contributed by atoms with E-state index in [1.165, 1.54) is 6.08 Å². The van der Waals surface area contributed by atoms with Crippen molar-refractivity contribution in [3.8, 4) is 0 Å². The van der Waals surface area contributed by atoms with Crippen LogP contribution >= 0.6 is 0 Å². The zero-order valence-corrected chi connectivity index (χ0v) is 9.59. The van der Waals surface area contributed by atoms with Gasteiger partial charge in [-0.1, -0.05) is 18.2 Å². The summed E-state index contributed by atoms with van der Waals surface area (Å²) in [5.41, 5.74) is 1.83. The van der Waals surface area contributed by atoms with Crippen LogP contribution in [0.4, 0.5) is 0 Å². The molecule has 3 nitrogen and oxygen atoms in total. The first kappa shape index (κ1) is 11.3. The van der Waals surface area contributed by atoms with Gasteiger partial charge in [0.2, 0.25) is 0 Å². The zero-order valence-electron chi connectivity index (χ0n) is 9.59. The normalized spacial score (nSPS) is 10.9. The molecule has 0 saturated heterocycles. The van der Waals surface area contributed by atoms with Crippen molar-refractivity contribution in [2.24, 2.45) is 0 Å². The number of para-hydroxylation sites is 1. The Balaban J connectivity index is 2.22. The molecular formula is C14H13NO2. The van der Waals surface area contributed by atoms with Gasteiger partial charge < -0.3 is 4.74 Å². The summed E-state index contributed by atoms with van der Waals surface area (Å²) in [5, 5.41) is 1.05. The highest BCUT2D eigenvalue weighted by molar-refractivity contribution is 5.88. The maximum absolute atomic E-state index is 11.2. The van der Waals surface area contributed by atoms with Crippen LogP contribution in [0.25, 0.3) is 17.0 Å². The molecule has 0 aliphatic rings. The molecule has 0 spiro atoms. The molecule has 3 heteroatoms. The van der Waals surface area contributed by atoms with Crippen molar-refractivity contribution in [1.82, 2.24) is 4.98 Å². The molecule has 2 aromatic rings. The molecule has 0 saturated carbocycles. The first-order valence-corrected chi connectivity index (χ1v) is 5.49. The highest BCUT2D eigenvalue weighted by atomic mass is 16.5. The van der Waals surface area contributed by atoms with E-state index in [0.29, 0.717) is 6.61 Å². The van der Waals surface area contributed by atoms with Crippen molar-refractivity contribution in [1.29, 1.82) is 0 Å². The number of hydrogen-bond donors (Lipinski definition) is 0. The first-order valence-electron chi connectivity index (χ1n) is 5.49. The third kappa shape index (κ3) is 2.91. The fourth-order valence-corrected chi connectivity index (χ4v) is 1.53. The van der Waals surface area contributed by atoms with Gasteiger partial charge in [-0.05, 0) is 30.7 Å². The quantitative estimate of drug-likeness (QED) is 0.598.